The van der Waals surface area contributed by atoms with Crippen LogP contribution in [0.1, 0.15) is 16.1 Å². The van der Waals surface area contributed by atoms with Crippen molar-refractivity contribution in [2.75, 3.05) is 6.54 Å². The van der Waals surface area contributed by atoms with Gasteiger partial charge in [0.05, 0.1) is 11.3 Å². The number of rotatable bonds is 0. The minimum atomic E-state index is -0.0313. The van der Waals surface area contributed by atoms with Crippen LogP contribution in [0.4, 0.5) is 0 Å². The van der Waals surface area contributed by atoms with Crippen LogP contribution in [0.25, 0.3) is 0 Å². The molecule has 0 fully saturated rings. The predicted molar refractivity (Wildman–Crippen MR) is 46.9 cm³/mol. The Bertz CT molecular complexity index is 345. The number of hydrogen-bond acceptors (Lipinski definition) is 2. The average Bonchev–Trinajstić information content (AvgIpc) is 2.29. The molecule has 12 heavy (non-hydrogen) atoms. The van der Waals surface area contributed by atoms with Crippen LogP contribution in [0, 0.1) is 0 Å². The quantitative estimate of drug-likeness (QED) is 0.704. The van der Waals surface area contributed by atoms with E-state index in [1.54, 1.807) is 4.68 Å². The average molecular weight is 230 g/mol. The molecule has 0 saturated carbocycles. The van der Waals surface area contributed by atoms with Crippen LogP contribution in [-0.4, -0.2) is 22.2 Å². The van der Waals surface area contributed by atoms with E-state index in [2.05, 4.69) is 26.3 Å². The third-order valence-electron chi connectivity index (χ3n) is 1.92. The van der Waals surface area contributed by atoms with Gasteiger partial charge in [0.15, 0.2) is 0 Å². The fourth-order valence-electron chi connectivity index (χ4n) is 1.34. The van der Waals surface area contributed by atoms with Gasteiger partial charge in [0.1, 0.15) is 4.60 Å². The Balaban J connectivity index is 2.61. The van der Waals surface area contributed by atoms with E-state index in [9.17, 15) is 4.79 Å². The van der Waals surface area contributed by atoms with Gasteiger partial charge in [0, 0.05) is 20.0 Å². The number of amides is 1. The van der Waals surface area contributed by atoms with Crippen molar-refractivity contribution < 1.29 is 4.79 Å². The fourth-order valence-corrected chi connectivity index (χ4v) is 1.83. The van der Waals surface area contributed by atoms with Gasteiger partial charge >= 0.3 is 0 Å². The number of nitrogens with one attached hydrogen (secondary N) is 1. The lowest BCUT2D eigenvalue weighted by Crippen LogP contribution is -2.31. The smallest absolute Gasteiger partial charge is 0.255 e. The molecule has 1 aromatic heterocycles. The van der Waals surface area contributed by atoms with E-state index < -0.39 is 0 Å². The van der Waals surface area contributed by atoms with E-state index in [0.29, 0.717) is 12.1 Å². The SMILES string of the molecule is Cn1nc2c(c1Br)C(=O)NCC2. The summed E-state index contributed by atoms with van der Waals surface area (Å²) < 4.78 is 2.44. The number of hydrogen-bond donors (Lipinski definition) is 1. The van der Waals surface area contributed by atoms with Gasteiger partial charge in [-0.1, -0.05) is 0 Å². The summed E-state index contributed by atoms with van der Waals surface area (Å²) in [6.45, 7) is 0.690. The molecule has 2 heterocycles. The third kappa shape index (κ3) is 0.964. The highest BCUT2D eigenvalue weighted by molar-refractivity contribution is 9.10. The van der Waals surface area contributed by atoms with E-state index in [1.807, 2.05) is 7.05 Å². The summed E-state index contributed by atoms with van der Waals surface area (Å²) in [7, 11) is 1.82. The monoisotopic (exact) mass is 229 g/mol. The van der Waals surface area contributed by atoms with E-state index in [1.165, 1.54) is 0 Å². The molecule has 0 spiro atoms. The molecular formula is C7H8BrN3O. The largest absolute Gasteiger partial charge is 0.352 e. The number of nitrogens with zero attached hydrogens (tertiary/aromatic N) is 2. The van der Waals surface area contributed by atoms with Crippen molar-refractivity contribution >= 4 is 21.8 Å². The molecule has 1 aliphatic rings. The number of fused-ring (bicyclic) bond motifs is 1. The first-order valence-electron chi connectivity index (χ1n) is 3.69. The van der Waals surface area contributed by atoms with Gasteiger partial charge in [-0.3, -0.25) is 9.48 Å². The van der Waals surface area contributed by atoms with Crippen molar-refractivity contribution in [2.24, 2.45) is 7.05 Å². The van der Waals surface area contributed by atoms with Crippen molar-refractivity contribution in [2.45, 2.75) is 6.42 Å². The zero-order valence-electron chi connectivity index (χ0n) is 6.59. The van der Waals surface area contributed by atoms with Gasteiger partial charge in [-0.25, -0.2) is 0 Å². The van der Waals surface area contributed by atoms with Crippen molar-refractivity contribution in [3.05, 3.63) is 15.9 Å². The zero-order chi connectivity index (χ0) is 8.72. The van der Waals surface area contributed by atoms with E-state index in [-0.39, 0.29) is 5.91 Å². The summed E-state index contributed by atoms with van der Waals surface area (Å²) in [5.41, 5.74) is 1.57. The maximum absolute atomic E-state index is 11.3. The van der Waals surface area contributed by atoms with Crippen LogP contribution in [0.2, 0.25) is 0 Å². The summed E-state index contributed by atoms with van der Waals surface area (Å²) in [5, 5.41) is 6.98. The molecule has 0 bridgehead atoms. The topological polar surface area (TPSA) is 46.9 Å². The van der Waals surface area contributed by atoms with Crippen LogP contribution >= 0.6 is 15.9 Å². The molecule has 1 amide bonds. The number of carbonyl (C=O) groups is 1. The first kappa shape index (κ1) is 7.79. The lowest BCUT2D eigenvalue weighted by atomic mass is 10.1. The lowest BCUT2D eigenvalue weighted by molar-refractivity contribution is 0.0945. The first-order chi connectivity index (χ1) is 5.70. The summed E-state index contributed by atoms with van der Waals surface area (Å²) in [4.78, 5) is 11.3. The van der Waals surface area contributed by atoms with Crippen molar-refractivity contribution in [3.63, 3.8) is 0 Å². The highest BCUT2D eigenvalue weighted by Crippen LogP contribution is 2.21. The van der Waals surface area contributed by atoms with Gasteiger partial charge in [0.25, 0.3) is 5.91 Å². The highest BCUT2D eigenvalue weighted by atomic mass is 79.9. The standard InChI is InChI=1S/C7H8BrN3O/c1-11-6(8)5-4(10-11)2-3-9-7(5)12/h2-3H2,1H3,(H,9,12). The summed E-state index contributed by atoms with van der Waals surface area (Å²) in [5.74, 6) is -0.0313. The maximum Gasteiger partial charge on any atom is 0.255 e. The van der Waals surface area contributed by atoms with E-state index >= 15 is 0 Å². The zero-order valence-corrected chi connectivity index (χ0v) is 8.18. The normalized spacial score (nSPS) is 15.7. The first-order valence-corrected chi connectivity index (χ1v) is 4.49. The fraction of sp³-hybridized carbons (Fsp3) is 0.429. The van der Waals surface area contributed by atoms with Gasteiger partial charge in [-0.05, 0) is 15.9 Å². The Labute approximate surface area is 78.1 Å². The summed E-state index contributed by atoms with van der Waals surface area (Å²) in [6.07, 6.45) is 0.820. The van der Waals surface area contributed by atoms with Crippen LogP contribution < -0.4 is 5.32 Å². The molecular weight excluding hydrogens is 222 g/mol. The molecule has 1 aliphatic heterocycles. The third-order valence-corrected chi connectivity index (χ3v) is 2.83. The minimum absolute atomic E-state index is 0.0313. The second-order valence-corrected chi connectivity index (χ2v) is 3.49. The Morgan fingerprint density at radius 1 is 1.67 bits per heavy atom. The van der Waals surface area contributed by atoms with Crippen molar-refractivity contribution in [1.82, 2.24) is 15.1 Å². The van der Waals surface area contributed by atoms with Crippen molar-refractivity contribution in [1.29, 1.82) is 0 Å². The van der Waals surface area contributed by atoms with Crippen molar-refractivity contribution in [3.8, 4) is 0 Å². The molecule has 0 aromatic carbocycles. The number of carbonyl (C=O) groups excluding carboxylic acids is 1. The van der Waals surface area contributed by atoms with Crippen LogP contribution in [0.3, 0.4) is 0 Å². The van der Waals surface area contributed by atoms with Gasteiger partial charge in [-0.2, -0.15) is 5.10 Å². The van der Waals surface area contributed by atoms with E-state index in [4.69, 9.17) is 0 Å². The Morgan fingerprint density at radius 3 is 3.08 bits per heavy atom. The minimum Gasteiger partial charge on any atom is -0.352 e. The van der Waals surface area contributed by atoms with Gasteiger partial charge < -0.3 is 5.32 Å². The predicted octanol–water partition coefficient (Wildman–Crippen LogP) is 0.469. The maximum atomic E-state index is 11.3. The molecule has 0 saturated heterocycles. The lowest BCUT2D eigenvalue weighted by Gasteiger charge is -2.10. The van der Waals surface area contributed by atoms with Crippen LogP contribution in [-0.2, 0) is 13.5 Å². The highest BCUT2D eigenvalue weighted by Gasteiger charge is 2.23. The van der Waals surface area contributed by atoms with Crippen LogP contribution in [0.5, 0.6) is 0 Å². The second-order valence-electron chi connectivity index (χ2n) is 2.74. The molecule has 2 rings (SSSR count). The molecule has 5 heteroatoms. The van der Waals surface area contributed by atoms with Gasteiger partial charge in [-0.15, -0.1) is 0 Å². The molecule has 1 N–H and O–H groups in total. The Morgan fingerprint density at radius 2 is 2.42 bits per heavy atom. The molecule has 64 valence electrons. The van der Waals surface area contributed by atoms with Gasteiger partial charge in [0.2, 0.25) is 0 Å². The Hall–Kier alpha value is -0.840. The molecule has 4 nitrogen and oxygen atoms in total. The number of aromatic nitrogens is 2. The second kappa shape index (κ2) is 2.58. The summed E-state index contributed by atoms with van der Waals surface area (Å²) in [6, 6.07) is 0. The molecule has 0 atom stereocenters. The molecule has 0 unspecified atom stereocenters. The van der Waals surface area contributed by atoms with Crippen LogP contribution in [0.15, 0.2) is 4.60 Å². The summed E-state index contributed by atoms with van der Waals surface area (Å²) >= 11 is 3.32. The molecule has 0 aliphatic carbocycles. The number of aryl methyl sites for hydroxylation is 1. The molecule has 0 radical (unpaired) electrons. The number of halogens is 1. The molecule has 1 aromatic rings. The Kier molecular flexibility index (Phi) is 1.68. The van der Waals surface area contributed by atoms with E-state index in [0.717, 1.165) is 16.7 Å².